The number of ether oxygens (including phenoxy) is 1. The van der Waals surface area contributed by atoms with E-state index in [1.807, 2.05) is 0 Å². The Kier molecular flexibility index (Phi) is 3.01. The predicted molar refractivity (Wildman–Crippen MR) is 47.4 cm³/mol. The second kappa shape index (κ2) is 4.03. The molecular weight excluding hydrogens is 171 g/mol. The molecule has 1 aromatic carbocycles. The Balaban J connectivity index is 3.19. The van der Waals surface area contributed by atoms with Crippen molar-refractivity contribution >= 4 is 6.29 Å². The number of carbonyl (C=O) groups is 1. The summed E-state index contributed by atoms with van der Waals surface area (Å²) >= 11 is 0. The predicted octanol–water partition coefficient (Wildman–Crippen LogP) is 2.16. The van der Waals surface area contributed by atoms with Crippen LogP contribution in [-0.2, 0) is 0 Å². The smallest absolute Gasteiger partial charge is 0.153 e. The molecule has 1 aromatic rings. The van der Waals surface area contributed by atoms with E-state index in [4.69, 9.17) is 4.74 Å². The first-order chi connectivity index (χ1) is 6.20. The third-order valence-electron chi connectivity index (χ3n) is 1.79. The average Bonchev–Trinajstić information content (AvgIpc) is 2.11. The van der Waals surface area contributed by atoms with E-state index in [-0.39, 0.29) is 12.2 Å². The van der Waals surface area contributed by atoms with Crippen molar-refractivity contribution in [3.63, 3.8) is 0 Å². The van der Waals surface area contributed by atoms with E-state index in [1.54, 1.807) is 6.92 Å². The van der Waals surface area contributed by atoms with Crippen molar-refractivity contribution in [2.45, 2.75) is 6.92 Å². The molecule has 13 heavy (non-hydrogen) atoms. The van der Waals surface area contributed by atoms with Crippen molar-refractivity contribution in [2.75, 3.05) is 6.61 Å². The van der Waals surface area contributed by atoms with Crippen molar-refractivity contribution < 1.29 is 13.9 Å². The van der Waals surface area contributed by atoms with Gasteiger partial charge in [0.2, 0.25) is 0 Å². The van der Waals surface area contributed by atoms with Gasteiger partial charge in [0.1, 0.15) is 11.6 Å². The molecule has 0 amide bonds. The van der Waals surface area contributed by atoms with Crippen LogP contribution in [0.4, 0.5) is 4.39 Å². The number of hydrogen-bond donors (Lipinski definition) is 0. The minimum Gasteiger partial charge on any atom is -0.493 e. The number of carbonyl (C=O) groups excluding carboxylic acids is 1. The van der Waals surface area contributed by atoms with Crippen LogP contribution in [0, 0.1) is 19.7 Å². The van der Waals surface area contributed by atoms with Crippen LogP contribution in [0.15, 0.2) is 12.1 Å². The maximum absolute atomic E-state index is 13.0. The summed E-state index contributed by atoms with van der Waals surface area (Å²) < 4.78 is 18.1. The molecule has 0 heterocycles. The number of aldehydes is 1. The maximum atomic E-state index is 13.0. The van der Waals surface area contributed by atoms with Gasteiger partial charge in [-0.25, -0.2) is 4.39 Å². The molecule has 0 aliphatic heterocycles. The van der Waals surface area contributed by atoms with Crippen molar-refractivity contribution in [2.24, 2.45) is 0 Å². The monoisotopic (exact) mass is 181 g/mol. The van der Waals surface area contributed by atoms with Gasteiger partial charge in [0.15, 0.2) is 6.29 Å². The number of rotatable bonds is 3. The molecule has 0 N–H and O–H groups in total. The zero-order valence-electron chi connectivity index (χ0n) is 7.34. The van der Waals surface area contributed by atoms with Gasteiger partial charge >= 0.3 is 0 Å². The quantitative estimate of drug-likeness (QED) is 0.668. The first-order valence-corrected chi connectivity index (χ1v) is 3.87. The van der Waals surface area contributed by atoms with E-state index in [2.05, 4.69) is 6.92 Å². The second-order valence-electron chi connectivity index (χ2n) is 2.55. The lowest BCUT2D eigenvalue weighted by Gasteiger charge is -2.08. The minimum atomic E-state index is -0.524. The van der Waals surface area contributed by atoms with Gasteiger partial charge in [-0.15, -0.1) is 0 Å². The first-order valence-electron chi connectivity index (χ1n) is 3.87. The Hall–Kier alpha value is -1.38. The van der Waals surface area contributed by atoms with Gasteiger partial charge in [0, 0.05) is 5.56 Å². The summed E-state index contributed by atoms with van der Waals surface area (Å²) in [7, 11) is 0. The van der Waals surface area contributed by atoms with Crippen LogP contribution in [0.25, 0.3) is 0 Å². The van der Waals surface area contributed by atoms with Gasteiger partial charge in [-0.3, -0.25) is 4.79 Å². The minimum absolute atomic E-state index is 0.0472. The van der Waals surface area contributed by atoms with E-state index >= 15 is 0 Å². The van der Waals surface area contributed by atoms with Crippen molar-refractivity contribution in [1.82, 2.24) is 0 Å². The number of hydrogen-bond acceptors (Lipinski definition) is 2. The largest absolute Gasteiger partial charge is 0.493 e. The Labute approximate surface area is 76.3 Å². The van der Waals surface area contributed by atoms with Crippen molar-refractivity contribution in [3.8, 4) is 5.75 Å². The van der Waals surface area contributed by atoms with E-state index < -0.39 is 5.82 Å². The Morgan fingerprint density at radius 2 is 2.31 bits per heavy atom. The summed E-state index contributed by atoms with van der Waals surface area (Å²) in [4.78, 5) is 10.5. The summed E-state index contributed by atoms with van der Waals surface area (Å²) in [6.45, 7) is 5.39. The molecule has 0 aliphatic carbocycles. The summed E-state index contributed by atoms with van der Waals surface area (Å²) in [5, 5.41) is 0. The lowest BCUT2D eigenvalue weighted by Crippen LogP contribution is -1.99. The highest BCUT2D eigenvalue weighted by Crippen LogP contribution is 2.22. The van der Waals surface area contributed by atoms with Gasteiger partial charge in [-0.2, -0.15) is 0 Å². The van der Waals surface area contributed by atoms with Crippen LogP contribution >= 0.6 is 0 Å². The van der Waals surface area contributed by atoms with Crippen molar-refractivity contribution in [3.05, 3.63) is 36.0 Å². The third kappa shape index (κ3) is 1.86. The topological polar surface area (TPSA) is 26.3 Å². The van der Waals surface area contributed by atoms with Gasteiger partial charge in [0.05, 0.1) is 12.2 Å². The lowest BCUT2D eigenvalue weighted by atomic mass is 10.1. The molecule has 69 valence electrons. The molecule has 2 nitrogen and oxygen atoms in total. The molecule has 0 bridgehead atoms. The van der Waals surface area contributed by atoms with Crippen molar-refractivity contribution in [1.29, 1.82) is 0 Å². The number of benzene rings is 1. The normalized spacial score (nSPS) is 9.77. The molecule has 0 saturated heterocycles. The molecule has 0 aromatic heterocycles. The highest BCUT2D eigenvalue weighted by molar-refractivity contribution is 5.78. The van der Waals surface area contributed by atoms with Gasteiger partial charge in [-0.05, 0) is 26.0 Å². The fourth-order valence-corrected chi connectivity index (χ4v) is 1.09. The molecule has 0 unspecified atom stereocenters. The zero-order chi connectivity index (χ0) is 9.84. The highest BCUT2D eigenvalue weighted by atomic mass is 19.1. The molecular formula is C10H10FO2. The summed E-state index contributed by atoms with van der Waals surface area (Å²) in [5.74, 6) is -0.0255. The average molecular weight is 181 g/mol. The van der Waals surface area contributed by atoms with E-state index in [0.717, 1.165) is 0 Å². The molecule has 0 saturated carbocycles. The first kappa shape index (κ1) is 9.71. The second-order valence-corrected chi connectivity index (χ2v) is 2.55. The van der Waals surface area contributed by atoms with E-state index in [0.29, 0.717) is 17.6 Å². The molecule has 0 spiro atoms. The molecule has 0 atom stereocenters. The van der Waals surface area contributed by atoms with Crippen LogP contribution in [0.5, 0.6) is 5.75 Å². The van der Waals surface area contributed by atoms with Crippen LogP contribution in [0.1, 0.15) is 15.9 Å². The molecule has 3 heteroatoms. The summed E-state index contributed by atoms with van der Waals surface area (Å²) in [6.07, 6.45) is 0.487. The van der Waals surface area contributed by atoms with Crippen LogP contribution < -0.4 is 4.74 Å². The zero-order valence-corrected chi connectivity index (χ0v) is 7.34. The van der Waals surface area contributed by atoms with Gasteiger partial charge in [-0.1, -0.05) is 0 Å². The highest BCUT2D eigenvalue weighted by Gasteiger charge is 2.09. The number of halogens is 1. The van der Waals surface area contributed by atoms with Crippen LogP contribution in [-0.4, -0.2) is 12.9 Å². The fourth-order valence-electron chi connectivity index (χ4n) is 1.09. The summed E-state index contributed by atoms with van der Waals surface area (Å²) in [5.41, 5.74) is 0.560. The SMILES string of the molecule is [CH2]COc1ccc(F)c(C=O)c1C. The van der Waals surface area contributed by atoms with Gasteiger partial charge < -0.3 is 4.74 Å². The Morgan fingerprint density at radius 1 is 1.62 bits per heavy atom. The van der Waals surface area contributed by atoms with Gasteiger partial charge in [0.25, 0.3) is 0 Å². The molecule has 1 rings (SSSR count). The third-order valence-corrected chi connectivity index (χ3v) is 1.79. The Morgan fingerprint density at radius 3 is 2.85 bits per heavy atom. The molecule has 0 aliphatic rings. The Bertz CT molecular complexity index is 321. The summed E-state index contributed by atoms with van der Waals surface area (Å²) in [6, 6.07) is 2.70. The maximum Gasteiger partial charge on any atom is 0.153 e. The van der Waals surface area contributed by atoms with E-state index in [1.165, 1.54) is 12.1 Å². The fraction of sp³-hybridized carbons (Fsp3) is 0.200. The van der Waals surface area contributed by atoms with Crippen LogP contribution in [0.3, 0.4) is 0 Å². The lowest BCUT2D eigenvalue weighted by molar-refractivity contribution is 0.111. The van der Waals surface area contributed by atoms with Crippen LogP contribution in [0.2, 0.25) is 0 Å². The molecule has 0 fully saturated rings. The van der Waals surface area contributed by atoms with E-state index in [9.17, 15) is 9.18 Å². The molecule has 1 radical (unpaired) electrons. The standard InChI is InChI=1S/C10H10FO2/c1-3-13-10-5-4-9(11)8(6-12)7(10)2/h4-6H,1,3H2,2H3.